The highest BCUT2D eigenvalue weighted by Gasteiger charge is 2.48. The molecule has 1 aliphatic heterocycles. The first-order valence-corrected chi connectivity index (χ1v) is 15.1. The van der Waals surface area contributed by atoms with Crippen LogP contribution in [0.25, 0.3) is 5.69 Å². The third-order valence-corrected chi connectivity index (χ3v) is 8.87. The first kappa shape index (κ1) is 28.7. The highest BCUT2D eigenvalue weighted by Crippen LogP contribution is 2.52. The van der Waals surface area contributed by atoms with Crippen molar-refractivity contribution in [3.8, 4) is 11.4 Å². The van der Waals surface area contributed by atoms with Gasteiger partial charge in [-0.15, -0.1) is 0 Å². The zero-order valence-electron chi connectivity index (χ0n) is 24.6. The topological polar surface area (TPSA) is 56.5 Å². The number of hydrogen-bond donors (Lipinski definition) is 0. The lowest BCUT2D eigenvalue weighted by Gasteiger charge is -2.41. The summed E-state index contributed by atoms with van der Waals surface area (Å²) in [6, 6.07) is 23.8. The van der Waals surface area contributed by atoms with Crippen LogP contribution in [-0.4, -0.2) is 21.3 Å². The Balaban J connectivity index is 1.54. The number of aliphatic imine (C=N–C) groups is 1. The summed E-state index contributed by atoms with van der Waals surface area (Å²) in [5.74, 6) is 1.12. The molecule has 2 unspecified atom stereocenters. The van der Waals surface area contributed by atoms with Gasteiger partial charge in [-0.1, -0.05) is 100 Å². The SMILES string of the molecule is CC1(C)CC(=O)C2C(=Nc3c(c(C(C)(C)C)nn3-c3ccc(Cl)c(Cl)c3)C2c2cccc(OCc3ccccc3)c2)C1. The molecule has 2 aliphatic rings. The van der Waals surface area contributed by atoms with Crippen LogP contribution in [-0.2, 0) is 16.8 Å². The van der Waals surface area contributed by atoms with Gasteiger partial charge in [0.25, 0.3) is 0 Å². The Morgan fingerprint density at radius 1 is 0.929 bits per heavy atom. The molecule has 5 nitrogen and oxygen atoms in total. The molecule has 0 N–H and O–H groups in total. The Morgan fingerprint density at radius 3 is 2.40 bits per heavy atom. The minimum Gasteiger partial charge on any atom is -0.489 e. The third kappa shape index (κ3) is 5.41. The molecule has 7 heteroatoms. The maximum atomic E-state index is 14.0. The molecule has 0 spiro atoms. The van der Waals surface area contributed by atoms with Crippen LogP contribution in [0.3, 0.4) is 0 Å². The average Bonchev–Trinajstić information content (AvgIpc) is 3.32. The molecule has 42 heavy (non-hydrogen) atoms. The molecule has 3 aromatic carbocycles. The van der Waals surface area contributed by atoms with E-state index in [0.717, 1.165) is 51.8 Å². The fraction of sp³-hybridized carbons (Fsp3) is 0.343. The van der Waals surface area contributed by atoms with E-state index in [9.17, 15) is 4.79 Å². The number of aromatic nitrogens is 2. The van der Waals surface area contributed by atoms with Crippen molar-refractivity contribution in [3.05, 3.63) is 105 Å². The summed E-state index contributed by atoms with van der Waals surface area (Å²) in [5.41, 5.74) is 5.21. The Hall–Kier alpha value is -3.41. The van der Waals surface area contributed by atoms with Crippen LogP contribution in [0.1, 0.15) is 75.8 Å². The van der Waals surface area contributed by atoms with Crippen LogP contribution in [0, 0.1) is 11.3 Å². The second-order valence-electron chi connectivity index (χ2n) is 13.2. The molecular weight excluding hydrogens is 565 g/mol. The number of rotatable bonds is 5. The van der Waals surface area contributed by atoms with Crippen LogP contribution in [0.4, 0.5) is 5.82 Å². The molecule has 6 rings (SSSR count). The predicted octanol–water partition coefficient (Wildman–Crippen LogP) is 9.28. The summed E-state index contributed by atoms with van der Waals surface area (Å²) in [6.45, 7) is 11.2. The summed E-state index contributed by atoms with van der Waals surface area (Å²) in [4.78, 5) is 19.2. The average molecular weight is 601 g/mol. The second kappa shape index (κ2) is 10.7. The van der Waals surface area contributed by atoms with E-state index < -0.39 is 0 Å². The molecule has 4 aromatic rings. The van der Waals surface area contributed by atoms with Crippen LogP contribution in [0.5, 0.6) is 5.75 Å². The predicted molar refractivity (Wildman–Crippen MR) is 170 cm³/mol. The fourth-order valence-electron chi connectivity index (χ4n) is 6.28. The molecule has 1 aliphatic carbocycles. The van der Waals surface area contributed by atoms with E-state index in [0.29, 0.717) is 23.1 Å². The van der Waals surface area contributed by atoms with Gasteiger partial charge in [-0.3, -0.25) is 4.79 Å². The molecule has 1 saturated carbocycles. The van der Waals surface area contributed by atoms with Gasteiger partial charge in [-0.25, -0.2) is 9.67 Å². The number of benzene rings is 3. The molecule has 0 radical (unpaired) electrons. The van der Waals surface area contributed by atoms with E-state index >= 15 is 0 Å². The quantitative estimate of drug-likeness (QED) is 0.229. The molecule has 2 atom stereocenters. The first-order valence-electron chi connectivity index (χ1n) is 14.4. The standard InChI is InChI=1S/C35H35Cl2N3O2/c1-34(2,3)32-31-29(22-12-9-13-24(16-22)42-20-21-10-7-6-8-11-21)30-27(18-35(4,5)19-28(30)41)38-33(31)40(39-32)23-14-15-25(36)26(37)17-23/h6-17,29-30H,18-20H2,1-5H3. The monoisotopic (exact) mass is 599 g/mol. The summed E-state index contributed by atoms with van der Waals surface area (Å²) in [6.07, 6.45) is 1.25. The van der Waals surface area contributed by atoms with Crippen molar-refractivity contribution in [2.75, 3.05) is 0 Å². The Kier molecular flexibility index (Phi) is 7.31. The van der Waals surface area contributed by atoms with E-state index in [2.05, 4.69) is 58.9 Å². The molecule has 0 saturated heterocycles. The molecule has 0 amide bonds. The van der Waals surface area contributed by atoms with E-state index in [1.807, 2.05) is 47.1 Å². The van der Waals surface area contributed by atoms with Gasteiger partial charge in [0, 0.05) is 29.0 Å². The maximum Gasteiger partial charge on any atom is 0.159 e. The molecule has 0 bridgehead atoms. The largest absolute Gasteiger partial charge is 0.489 e. The van der Waals surface area contributed by atoms with Crippen molar-refractivity contribution in [3.63, 3.8) is 0 Å². The van der Waals surface area contributed by atoms with Gasteiger partial charge in [0.15, 0.2) is 5.82 Å². The smallest absolute Gasteiger partial charge is 0.159 e. The Labute approximate surface area is 257 Å². The van der Waals surface area contributed by atoms with Crippen LogP contribution in [0.2, 0.25) is 10.0 Å². The van der Waals surface area contributed by atoms with Crippen molar-refractivity contribution >= 4 is 40.5 Å². The van der Waals surface area contributed by atoms with Crippen molar-refractivity contribution in [2.45, 2.75) is 65.4 Å². The van der Waals surface area contributed by atoms with Crippen LogP contribution >= 0.6 is 23.2 Å². The minimum atomic E-state index is -0.359. The van der Waals surface area contributed by atoms with Gasteiger partial charge < -0.3 is 4.74 Å². The lowest BCUT2D eigenvalue weighted by Crippen LogP contribution is -2.42. The highest BCUT2D eigenvalue weighted by molar-refractivity contribution is 6.42. The van der Waals surface area contributed by atoms with Gasteiger partial charge >= 0.3 is 0 Å². The molecule has 1 aromatic heterocycles. The number of nitrogens with zero attached hydrogens (tertiary/aromatic N) is 3. The summed E-state index contributed by atoms with van der Waals surface area (Å²) >= 11 is 12.7. The summed E-state index contributed by atoms with van der Waals surface area (Å²) in [7, 11) is 0. The van der Waals surface area contributed by atoms with E-state index in [1.165, 1.54) is 0 Å². The van der Waals surface area contributed by atoms with Crippen LogP contribution < -0.4 is 4.74 Å². The zero-order chi connectivity index (χ0) is 29.8. The number of Topliss-reactive ketones (excluding diaryl/α,β-unsaturated/α-hetero) is 1. The summed E-state index contributed by atoms with van der Waals surface area (Å²) in [5, 5.41) is 6.09. The Bertz CT molecular complexity index is 1700. The number of fused-ring (bicyclic) bond motifs is 2. The van der Waals surface area contributed by atoms with Gasteiger partial charge in [0.05, 0.1) is 27.3 Å². The molecule has 216 valence electrons. The number of halogens is 2. The molecular formula is C35H35Cl2N3O2. The van der Waals surface area contributed by atoms with Gasteiger partial charge in [-0.05, 0) is 53.3 Å². The van der Waals surface area contributed by atoms with E-state index in [1.54, 1.807) is 6.07 Å². The summed E-state index contributed by atoms with van der Waals surface area (Å²) < 4.78 is 8.11. The molecule has 2 heterocycles. The first-order chi connectivity index (χ1) is 19.9. The third-order valence-electron chi connectivity index (χ3n) is 8.13. The molecule has 1 fully saturated rings. The van der Waals surface area contributed by atoms with Gasteiger partial charge in [0.1, 0.15) is 18.1 Å². The second-order valence-corrected chi connectivity index (χ2v) is 14.0. The lowest BCUT2D eigenvalue weighted by atomic mass is 9.63. The lowest BCUT2D eigenvalue weighted by molar-refractivity contribution is -0.124. The number of hydrogen-bond acceptors (Lipinski definition) is 4. The van der Waals surface area contributed by atoms with Crippen molar-refractivity contribution in [1.82, 2.24) is 9.78 Å². The number of ether oxygens (including phenoxy) is 1. The van der Waals surface area contributed by atoms with Crippen molar-refractivity contribution < 1.29 is 9.53 Å². The van der Waals surface area contributed by atoms with E-state index in [4.69, 9.17) is 38.0 Å². The zero-order valence-corrected chi connectivity index (χ0v) is 26.1. The Morgan fingerprint density at radius 2 is 1.69 bits per heavy atom. The number of carbonyl (C=O) groups is 1. The normalized spacial score (nSPS) is 19.6. The minimum absolute atomic E-state index is 0.170. The maximum absolute atomic E-state index is 14.0. The van der Waals surface area contributed by atoms with Crippen molar-refractivity contribution in [1.29, 1.82) is 0 Å². The van der Waals surface area contributed by atoms with Gasteiger partial charge in [0.2, 0.25) is 0 Å². The highest BCUT2D eigenvalue weighted by atomic mass is 35.5. The van der Waals surface area contributed by atoms with E-state index in [-0.39, 0.29) is 28.4 Å². The fourth-order valence-corrected chi connectivity index (χ4v) is 6.58. The van der Waals surface area contributed by atoms with Gasteiger partial charge in [-0.2, -0.15) is 5.10 Å². The van der Waals surface area contributed by atoms with Crippen LogP contribution in [0.15, 0.2) is 77.8 Å². The number of carbonyl (C=O) groups excluding carboxylic acids is 1. The van der Waals surface area contributed by atoms with Crippen molar-refractivity contribution in [2.24, 2.45) is 16.3 Å². The number of ketones is 1.